The molecule has 0 bridgehead atoms. The zero-order chi connectivity index (χ0) is 22.6. The van der Waals surface area contributed by atoms with E-state index in [9.17, 15) is 33.0 Å². The normalized spacial score (nSPS) is 14.4. The smallest absolute Gasteiger partial charge is 0.416 e. The van der Waals surface area contributed by atoms with Crippen LogP contribution in [0.2, 0.25) is 18.1 Å². The highest BCUT2D eigenvalue weighted by atomic mass is 28.3. The van der Waals surface area contributed by atoms with Gasteiger partial charge in [0.15, 0.2) is 6.10 Å². The fourth-order valence-corrected chi connectivity index (χ4v) is 2.94. The molecule has 9 heteroatoms. The van der Waals surface area contributed by atoms with Gasteiger partial charge in [-0.3, -0.25) is 4.79 Å². The molecule has 0 aromatic heterocycles. The molecule has 1 aromatic rings. The van der Waals surface area contributed by atoms with E-state index in [1.54, 1.807) is 0 Å². The summed E-state index contributed by atoms with van der Waals surface area (Å²) in [7, 11) is -1.95. The lowest BCUT2D eigenvalue weighted by molar-refractivity contribution is -0.143. The van der Waals surface area contributed by atoms with E-state index < -0.39 is 43.8 Å². The minimum atomic E-state index is -4.54. The number of alkyl halides is 3. The molecule has 0 aliphatic carbocycles. The molecule has 0 radical (unpaired) electrons. The van der Waals surface area contributed by atoms with Crippen LogP contribution in [0.1, 0.15) is 44.4 Å². The van der Waals surface area contributed by atoms with Gasteiger partial charge in [0.1, 0.15) is 14.1 Å². The lowest BCUT2D eigenvalue weighted by atomic mass is 10.1. The van der Waals surface area contributed by atoms with E-state index in [1.807, 2.05) is 0 Å². The van der Waals surface area contributed by atoms with Crippen molar-refractivity contribution in [3.8, 4) is 11.5 Å². The van der Waals surface area contributed by atoms with Crippen molar-refractivity contribution in [1.29, 1.82) is 0 Å². The Hall–Kier alpha value is -2.31. The number of carboxylic acids is 1. The van der Waals surface area contributed by atoms with Gasteiger partial charge in [-0.15, -0.1) is 11.5 Å². The molecule has 3 N–H and O–H groups in total. The number of halogens is 3. The second kappa shape index (κ2) is 9.01. The van der Waals surface area contributed by atoms with Gasteiger partial charge < -0.3 is 15.5 Å². The lowest BCUT2D eigenvalue weighted by Gasteiger charge is -2.31. The third-order valence-electron chi connectivity index (χ3n) is 5.00. The number of hydrogen-bond donors (Lipinski definition) is 3. The van der Waals surface area contributed by atoms with Crippen molar-refractivity contribution in [1.82, 2.24) is 5.32 Å². The van der Waals surface area contributed by atoms with E-state index in [4.69, 9.17) is 0 Å². The van der Waals surface area contributed by atoms with Crippen molar-refractivity contribution in [2.24, 2.45) is 0 Å². The number of aliphatic hydroxyl groups is 1. The van der Waals surface area contributed by atoms with Gasteiger partial charge in [0.2, 0.25) is 0 Å². The number of aliphatic carboxylic acids is 1. The lowest BCUT2D eigenvalue weighted by Crippen LogP contribution is -2.43. The molecule has 0 aliphatic heterocycles. The van der Waals surface area contributed by atoms with Gasteiger partial charge in [0.25, 0.3) is 5.91 Å². The molecule has 0 saturated carbocycles. The average molecular weight is 430 g/mol. The highest BCUT2D eigenvalue weighted by Crippen LogP contribution is 2.35. The Labute approximate surface area is 169 Å². The molecule has 2 atom stereocenters. The summed E-state index contributed by atoms with van der Waals surface area (Å²) in [5.74, 6) is 0.492. The zero-order valence-corrected chi connectivity index (χ0v) is 18.0. The van der Waals surface area contributed by atoms with Crippen LogP contribution in [0.4, 0.5) is 13.2 Å². The first-order valence-corrected chi connectivity index (χ1v) is 11.9. The highest BCUT2D eigenvalue weighted by molar-refractivity contribution is 6.87. The number of amides is 1. The molecule has 0 saturated heterocycles. The molecule has 0 fully saturated rings. The van der Waals surface area contributed by atoms with Crippen molar-refractivity contribution in [2.75, 3.05) is 0 Å². The Bertz CT molecular complexity index is 802. The van der Waals surface area contributed by atoms with Crippen molar-refractivity contribution >= 4 is 20.0 Å². The molecular weight excluding hydrogens is 403 g/mol. The van der Waals surface area contributed by atoms with Crippen LogP contribution in [0.5, 0.6) is 0 Å². The predicted octanol–water partition coefficient (Wildman–Crippen LogP) is 3.75. The van der Waals surface area contributed by atoms with Gasteiger partial charge >= 0.3 is 12.1 Å². The summed E-state index contributed by atoms with van der Waals surface area (Å²) in [6, 6.07) is 2.08. The van der Waals surface area contributed by atoms with E-state index in [1.165, 1.54) is 0 Å². The Morgan fingerprint density at radius 3 is 2.07 bits per heavy atom. The molecule has 1 amide bonds. The number of hydrogen-bond acceptors (Lipinski definition) is 3. The largest absolute Gasteiger partial charge is 0.480 e. The molecule has 0 spiro atoms. The van der Waals surface area contributed by atoms with Crippen molar-refractivity contribution in [2.45, 2.75) is 63.6 Å². The van der Waals surface area contributed by atoms with Gasteiger partial charge in [0.05, 0.1) is 5.56 Å². The molecular formula is C20H26F3NO4Si. The molecule has 0 heterocycles. The first-order valence-electron chi connectivity index (χ1n) is 8.94. The standard InChI is InChI=1S/C20H26F3NO4Si/c1-19(2,3)29(4,5)12-6-7-15(18(27)28)24-17(26)16(25)13-8-10-14(11-9-13)20(21,22)23/h8-11,15-16,25H,7H2,1-5H3,(H,24,26)(H,27,28)/t15-,16-/m0/s1. The fraction of sp³-hybridized carbons (Fsp3) is 0.500. The Balaban J connectivity index is 2.87. The van der Waals surface area contributed by atoms with Crippen LogP contribution in [-0.4, -0.2) is 36.2 Å². The summed E-state index contributed by atoms with van der Waals surface area (Å²) in [4.78, 5) is 23.6. The van der Waals surface area contributed by atoms with Crippen LogP contribution in [0.3, 0.4) is 0 Å². The third kappa shape index (κ3) is 6.90. The summed E-state index contributed by atoms with van der Waals surface area (Å²) in [5.41, 5.74) is 2.15. The van der Waals surface area contributed by atoms with Crippen LogP contribution < -0.4 is 5.32 Å². The summed E-state index contributed by atoms with van der Waals surface area (Å²) < 4.78 is 37.8. The quantitative estimate of drug-likeness (QED) is 0.492. The molecule has 29 heavy (non-hydrogen) atoms. The SMILES string of the molecule is CC(C)(C)[Si](C)(C)C#CC[C@H](NC(=O)[C@@H](O)c1ccc(C(F)(F)F)cc1)C(=O)O. The molecule has 0 unspecified atom stereocenters. The first-order chi connectivity index (χ1) is 13.1. The van der Waals surface area contributed by atoms with Gasteiger partial charge in [-0.1, -0.05) is 46.0 Å². The van der Waals surface area contributed by atoms with Crippen LogP contribution >= 0.6 is 0 Å². The zero-order valence-electron chi connectivity index (χ0n) is 17.0. The number of carbonyl (C=O) groups excluding carboxylic acids is 1. The maximum Gasteiger partial charge on any atom is 0.416 e. The second-order valence-electron chi connectivity index (χ2n) is 8.30. The van der Waals surface area contributed by atoms with Gasteiger partial charge in [-0.05, 0) is 22.7 Å². The van der Waals surface area contributed by atoms with Gasteiger partial charge in [0, 0.05) is 6.42 Å². The van der Waals surface area contributed by atoms with Crippen molar-refractivity contribution in [3.63, 3.8) is 0 Å². The van der Waals surface area contributed by atoms with E-state index in [0.717, 1.165) is 24.3 Å². The van der Waals surface area contributed by atoms with E-state index >= 15 is 0 Å². The minimum absolute atomic E-state index is 0.0132. The molecule has 1 rings (SSSR count). The fourth-order valence-electron chi connectivity index (χ4n) is 2.02. The van der Waals surface area contributed by atoms with Crippen LogP contribution in [0, 0.1) is 11.5 Å². The van der Waals surface area contributed by atoms with E-state index in [0.29, 0.717) is 0 Å². The minimum Gasteiger partial charge on any atom is -0.480 e. The van der Waals surface area contributed by atoms with Crippen molar-refractivity contribution in [3.05, 3.63) is 35.4 Å². The summed E-state index contributed by atoms with van der Waals surface area (Å²) >= 11 is 0. The number of aliphatic hydroxyl groups excluding tert-OH is 1. The van der Waals surface area contributed by atoms with Crippen molar-refractivity contribution < 1.29 is 33.0 Å². The van der Waals surface area contributed by atoms with Gasteiger partial charge in [-0.2, -0.15) is 13.2 Å². The maximum atomic E-state index is 12.6. The second-order valence-corrected chi connectivity index (χ2v) is 13.3. The number of carboxylic acid groups (broad SMARTS) is 1. The Morgan fingerprint density at radius 2 is 1.66 bits per heavy atom. The van der Waals surface area contributed by atoms with E-state index in [2.05, 4.69) is 50.6 Å². The topological polar surface area (TPSA) is 86.6 Å². The van der Waals surface area contributed by atoms with Crippen LogP contribution in [-0.2, 0) is 15.8 Å². The molecule has 1 aromatic carbocycles. The summed E-state index contributed by atoms with van der Waals surface area (Å²) in [5, 5.41) is 21.5. The van der Waals surface area contributed by atoms with Crippen LogP contribution in [0.15, 0.2) is 24.3 Å². The average Bonchev–Trinajstić information content (AvgIpc) is 2.58. The Morgan fingerprint density at radius 1 is 1.14 bits per heavy atom. The van der Waals surface area contributed by atoms with Crippen LogP contribution in [0.25, 0.3) is 0 Å². The monoisotopic (exact) mass is 429 g/mol. The van der Waals surface area contributed by atoms with E-state index in [-0.39, 0.29) is 17.0 Å². The number of benzene rings is 1. The number of carbonyl (C=O) groups is 2. The molecule has 0 aliphatic rings. The Kier molecular flexibility index (Phi) is 7.68. The summed E-state index contributed by atoms with van der Waals surface area (Å²) in [6.07, 6.45) is -6.48. The third-order valence-corrected chi connectivity index (χ3v) is 9.55. The molecule has 160 valence electrons. The maximum absolute atomic E-state index is 12.6. The predicted molar refractivity (Wildman–Crippen MR) is 106 cm³/mol. The number of nitrogens with one attached hydrogen (secondary N) is 1. The first kappa shape index (κ1) is 24.7. The molecule has 5 nitrogen and oxygen atoms in total. The number of rotatable bonds is 5. The highest BCUT2D eigenvalue weighted by Gasteiger charge is 2.34. The summed E-state index contributed by atoms with van der Waals surface area (Å²) in [6.45, 7) is 10.3. The van der Waals surface area contributed by atoms with Gasteiger partial charge in [-0.25, -0.2) is 4.79 Å².